The lowest BCUT2D eigenvalue weighted by molar-refractivity contribution is 1.54. The molecular weight excluding hydrogens is 504 g/mol. The Morgan fingerprint density at radius 3 is 1.40 bits per heavy atom. The molecule has 0 fully saturated rings. The second kappa shape index (κ2) is 9.58. The van der Waals surface area contributed by atoms with E-state index >= 15 is 0 Å². The van der Waals surface area contributed by atoms with Gasteiger partial charge in [-0.1, -0.05) is 134 Å². The van der Waals surface area contributed by atoms with Crippen LogP contribution >= 0.6 is 0 Å². The Hall–Kier alpha value is -5.46. The van der Waals surface area contributed by atoms with Crippen LogP contribution in [0, 0.1) is 0 Å². The van der Waals surface area contributed by atoms with Crippen LogP contribution in [0.15, 0.2) is 146 Å². The zero-order valence-corrected chi connectivity index (χ0v) is 23.3. The molecule has 0 aliphatic carbocycles. The summed E-state index contributed by atoms with van der Waals surface area (Å²) in [7, 11) is 0. The van der Waals surface area contributed by atoms with Crippen molar-refractivity contribution in [1.82, 2.24) is 0 Å². The second-order valence-electron chi connectivity index (χ2n) is 11.2. The quantitative estimate of drug-likeness (QED) is 0.199. The molecule has 0 bridgehead atoms. The molecule has 0 heteroatoms. The van der Waals surface area contributed by atoms with Crippen LogP contribution in [0.5, 0.6) is 0 Å². The summed E-state index contributed by atoms with van der Waals surface area (Å²) >= 11 is 0. The van der Waals surface area contributed by atoms with Crippen LogP contribution in [0.2, 0.25) is 0 Å². The van der Waals surface area contributed by atoms with Gasteiger partial charge < -0.3 is 0 Å². The van der Waals surface area contributed by atoms with Crippen molar-refractivity contribution in [2.24, 2.45) is 0 Å². The third kappa shape index (κ3) is 3.92. The molecule has 0 unspecified atom stereocenters. The lowest BCUT2D eigenvalue weighted by atomic mass is 9.84. The predicted molar refractivity (Wildman–Crippen MR) is 183 cm³/mol. The van der Waals surface area contributed by atoms with Crippen molar-refractivity contribution < 1.29 is 0 Å². The summed E-state index contributed by atoms with van der Waals surface area (Å²) in [4.78, 5) is 0. The van der Waals surface area contributed by atoms with E-state index < -0.39 is 0 Å². The van der Waals surface area contributed by atoms with E-state index in [0.29, 0.717) is 0 Å². The van der Waals surface area contributed by atoms with Gasteiger partial charge in [0.15, 0.2) is 0 Å². The van der Waals surface area contributed by atoms with Gasteiger partial charge in [-0.25, -0.2) is 0 Å². The maximum atomic E-state index is 4.29. The Morgan fingerprint density at radius 1 is 0.286 bits per heavy atom. The van der Waals surface area contributed by atoms with Gasteiger partial charge in [-0.2, -0.15) is 0 Å². The first kappa shape index (κ1) is 24.3. The van der Waals surface area contributed by atoms with Crippen molar-refractivity contribution in [3.63, 3.8) is 0 Å². The summed E-state index contributed by atoms with van der Waals surface area (Å²) in [5, 5.41) is 11.9. The normalized spacial score (nSPS) is 11.5. The summed E-state index contributed by atoms with van der Waals surface area (Å²) < 4.78 is 0. The molecule has 0 radical (unpaired) electrons. The van der Waals surface area contributed by atoms with Gasteiger partial charge in [-0.05, 0) is 111 Å². The molecule has 0 saturated carbocycles. The van der Waals surface area contributed by atoms with Crippen molar-refractivity contribution in [3.8, 4) is 33.4 Å². The van der Waals surface area contributed by atoms with Crippen LogP contribution in [-0.2, 0) is 0 Å². The van der Waals surface area contributed by atoms with E-state index in [9.17, 15) is 0 Å². The smallest absolute Gasteiger partial charge is 0.00259 e. The average molecular weight is 533 g/mol. The first-order valence-electron chi connectivity index (χ1n) is 14.4. The van der Waals surface area contributed by atoms with Crippen LogP contribution in [0.25, 0.3) is 89.6 Å². The van der Waals surface area contributed by atoms with E-state index in [2.05, 4.69) is 159 Å². The van der Waals surface area contributed by atoms with E-state index in [0.717, 1.165) is 16.0 Å². The molecule has 8 aromatic rings. The third-order valence-electron chi connectivity index (χ3n) is 8.64. The zero-order chi connectivity index (χ0) is 28.2. The van der Waals surface area contributed by atoms with Gasteiger partial charge in [0, 0.05) is 0 Å². The highest BCUT2D eigenvalue weighted by Gasteiger charge is 2.18. The number of rotatable bonds is 3. The Labute approximate surface area is 245 Å². The van der Waals surface area contributed by atoms with Crippen molar-refractivity contribution >= 4 is 56.2 Å². The largest absolute Gasteiger partial charge is 0.0912 e. The molecule has 0 aromatic heterocycles. The molecule has 8 rings (SSSR count). The van der Waals surface area contributed by atoms with Gasteiger partial charge in [0.05, 0.1) is 0 Å². The molecule has 0 nitrogen and oxygen atoms in total. The summed E-state index contributed by atoms with van der Waals surface area (Å²) in [5.41, 5.74) is 7.31. The molecule has 8 aromatic carbocycles. The molecule has 0 heterocycles. The zero-order valence-electron chi connectivity index (χ0n) is 23.3. The van der Waals surface area contributed by atoms with Crippen molar-refractivity contribution in [1.29, 1.82) is 0 Å². The molecule has 0 atom stereocenters. The van der Waals surface area contributed by atoms with E-state index in [1.165, 1.54) is 70.9 Å². The molecular formula is C42H28. The van der Waals surface area contributed by atoms with Crippen LogP contribution in [0.1, 0.15) is 0 Å². The van der Waals surface area contributed by atoms with Crippen LogP contribution in [0.4, 0.5) is 0 Å². The summed E-state index contributed by atoms with van der Waals surface area (Å²) in [6.07, 6.45) is 0. The summed E-state index contributed by atoms with van der Waals surface area (Å²) in [5.74, 6) is 0. The predicted octanol–water partition coefficient (Wildman–Crippen LogP) is 10.1. The molecule has 0 aliphatic heterocycles. The summed E-state index contributed by atoms with van der Waals surface area (Å²) in [6, 6.07) is 53.0. The molecule has 196 valence electrons. The monoisotopic (exact) mass is 532 g/mol. The van der Waals surface area contributed by atoms with Gasteiger partial charge in [-0.3, -0.25) is 0 Å². The topological polar surface area (TPSA) is 0 Å². The molecule has 0 aliphatic rings. The molecule has 0 spiro atoms. The first-order valence-corrected chi connectivity index (χ1v) is 14.4. The Balaban J connectivity index is 1.50. The fourth-order valence-electron chi connectivity index (χ4n) is 6.48. The van der Waals surface area contributed by atoms with Crippen molar-refractivity contribution in [2.75, 3.05) is 0 Å². The lowest BCUT2D eigenvalue weighted by Gasteiger charge is -2.19. The van der Waals surface area contributed by atoms with E-state index in [1.54, 1.807) is 0 Å². The SMILES string of the molecule is C=c1ccc(-c2c3ccccc3c(-c3ccc4ccccc4c3)c3ccc(-c4ccc5ccccc5c4)cc23)cc1=C. The standard InChI is InChI=1S/C42H28/c1-27-15-16-35(23-28(27)2)42-38-14-8-7-13-37(38)41(36-20-18-30-10-4-6-12-32(30)25-36)39-22-21-34(26-40(39)42)33-19-17-29-9-3-5-11-31(29)24-33/h3-26H,1-2H2. The highest BCUT2D eigenvalue weighted by atomic mass is 14.2. The van der Waals surface area contributed by atoms with Gasteiger partial charge in [0.1, 0.15) is 0 Å². The average Bonchev–Trinajstić information content (AvgIpc) is 3.04. The highest BCUT2D eigenvalue weighted by Crippen LogP contribution is 2.45. The number of benzene rings is 8. The minimum atomic E-state index is 0.953. The van der Waals surface area contributed by atoms with Crippen LogP contribution in [-0.4, -0.2) is 0 Å². The molecule has 0 N–H and O–H groups in total. The first-order chi connectivity index (χ1) is 20.6. The Kier molecular flexibility index (Phi) is 5.55. The van der Waals surface area contributed by atoms with Crippen molar-refractivity contribution in [3.05, 3.63) is 156 Å². The number of fused-ring (bicyclic) bond motifs is 4. The van der Waals surface area contributed by atoms with E-state index in [4.69, 9.17) is 0 Å². The fraction of sp³-hybridized carbons (Fsp3) is 0. The third-order valence-corrected chi connectivity index (χ3v) is 8.64. The Bertz CT molecular complexity index is 2450. The Morgan fingerprint density at radius 2 is 0.738 bits per heavy atom. The second-order valence-corrected chi connectivity index (χ2v) is 11.2. The van der Waals surface area contributed by atoms with Crippen LogP contribution in [0.3, 0.4) is 0 Å². The van der Waals surface area contributed by atoms with E-state index in [1.807, 2.05) is 0 Å². The lowest BCUT2D eigenvalue weighted by Crippen LogP contribution is -2.20. The summed E-state index contributed by atoms with van der Waals surface area (Å²) in [6.45, 7) is 8.47. The van der Waals surface area contributed by atoms with Gasteiger partial charge in [0.25, 0.3) is 0 Å². The minimum absolute atomic E-state index is 0.953. The maximum Gasteiger partial charge on any atom is -0.00259 e. The minimum Gasteiger partial charge on any atom is -0.0912 e. The van der Waals surface area contributed by atoms with Crippen LogP contribution < -0.4 is 10.4 Å². The number of hydrogen-bond acceptors (Lipinski definition) is 0. The van der Waals surface area contributed by atoms with Gasteiger partial charge in [0.2, 0.25) is 0 Å². The molecule has 0 amide bonds. The number of hydrogen-bond donors (Lipinski definition) is 0. The van der Waals surface area contributed by atoms with E-state index in [-0.39, 0.29) is 0 Å². The van der Waals surface area contributed by atoms with Gasteiger partial charge in [-0.15, -0.1) is 0 Å². The van der Waals surface area contributed by atoms with Gasteiger partial charge >= 0.3 is 0 Å². The van der Waals surface area contributed by atoms with Crippen molar-refractivity contribution in [2.45, 2.75) is 0 Å². The highest BCUT2D eigenvalue weighted by molar-refractivity contribution is 6.22. The molecule has 0 saturated heterocycles. The maximum absolute atomic E-state index is 4.29. The fourth-order valence-corrected chi connectivity index (χ4v) is 6.48. The molecule has 42 heavy (non-hydrogen) atoms.